The summed E-state index contributed by atoms with van der Waals surface area (Å²) in [4.78, 5) is 42.6. The molecule has 3 aliphatic carbocycles. The largest absolute Gasteiger partial charge is 0.449 e. The van der Waals surface area contributed by atoms with Gasteiger partial charge in [-0.05, 0) is 77.8 Å². The van der Waals surface area contributed by atoms with Gasteiger partial charge in [-0.2, -0.15) is 0 Å². The van der Waals surface area contributed by atoms with Crippen LogP contribution in [0.4, 0.5) is 4.79 Å². The van der Waals surface area contributed by atoms with Gasteiger partial charge in [0.1, 0.15) is 12.6 Å². The fourth-order valence-corrected chi connectivity index (χ4v) is 8.30. The number of halogens is 1. The van der Waals surface area contributed by atoms with E-state index in [1.165, 1.54) is 23.1 Å². The molecule has 4 aliphatic rings. The van der Waals surface area contributed by atoms with Gasteiger partial charge in [0.25, 0.3) is 0 Å². The van der Waals surface area contributed by atoms with E-state index in [2.05, 4.69) is 47.0 Å². The first-order chi connectivity index (χ1) is 22.5. The third-order valence-electron chi connectivity index (χ3n) is 10.7. The molecule has 3 amide bonds. The molecule has 1 saturated carbocycles. The number of fused-ring (bicyclic) bond motifs is 4. The lowest BCUT2D eigenvalue weighted by atomic mass is 9.83. The number of hydrogen-bond donors (Lipinski definition) is 3. The number of carbonyl (C=O) groups excluding carboxylic acids is 3. The van der Waals surface area contributed by atoms with Gasteiger partial charge in [-0.1, -0.05) is 92.1 Å². The van der Waals surface area contributed by atoms with Crippen molar-refractivity contribution in [2.24, 2.45) is 11.7 Å². The number of aryl methyl sites for hydroxylation is 1. The molecule has 1 unspecified atom stereocenters. The van der Waals surface area contributed by atoms with E-state index in [1.807, 2.05) is 36.4 Å². The second kappa shape index (κ2) is 14.5. The topological polar surface area (TPSA) is 114 Å². The molecule has 0 aromatic heterocycles. The lowest BCUT2D eigenvalue weighted by molar-refractivity contribution is -0.140. The Bertz CT molecular complexity index is 1560. The van der Waals surface area contributed by atoms with Crippen molar-refractivity contribution in [3.8, 4) is 11.1 Å². The van der Waals surface area contributed by atoms with Crippen LogP contribution in [0.2, 0.25) is 0 Å². The highest BCUT2D eigenvalue weighted by Crippen LogP contribution is 2.44. The number of rotatable bonds is 7. The minimum Gasteiger partial charge on any atom is -0.449 e. The molecule has 7 rings (SSSR count). The summed E-state index contributed by atoms with van der Waals surface area (Å²) in [5.41, 5.74) is 13.6. The molecule has 3 aromatic rings. The van der Waals surface area contributed by atoms with Gasteiger partial charge in [0.15, 0.2) is 0 Å². The van der Waals surface area contributed by atoms with Gasteiger partial charge in [0.2, 0.25) is 11.8 Å². The lowest BCUT2D eigenvalue weighted by Gasteiger charge is -2.33. The van der Waals surface area contributed by atoms with Gasteiger partial charge in [0.05, 0.1) is 18.1 Å². The fraction of sp³-hybridized carbons (Fsp3) is 0.447. The zero-order chi connectivity index (χ0) is 31.6. The number of alkyl carbamates (subject to hydrolysis) is 1. The second-order valence-corrected chi connectivity index (χ2v) is 13.5. The van der Waals surface area contributed by atoms with E-state index in [1.54, 1.807) is 4.90 Å². The maximum atomic E-state index is 13.9. The van der Waals surface area contributed by atoms with Gasteiger partial charge in [-0.25, -0.2) is 4.79 Å². The Morgan fingerprint density at radius 2 is 1.45 bits per heavy atom. The normalized spacial score (nSPS) is 22.7. The van der Waals surface area contributed by atoms with Gasteiger partial charge in [-0.3, -0.25) is 9.59 Å². The van der Waals surface area contributed by atoms with Crippen LogP contribution in [-0.2, 0) is 20.7 Å². The summed E-state index contributed by atoms with van der Waals surface area (Å²) in [5, 5.41) is 6.24. The molecule has 1 saturated heterocycles. The summed E-state index contributed by atoms with van der Waals surface area (Å²) in [6.07, 6.45) is 7.78. The van der Waals surface area contributed by atoms with Crippen LogP contribution in [0.1, 0.15) is 85.6 Å². The molecular formula is C38H45ClN4O4. The van der Waals surface area contributed by atoms with E-state index < -0.39 is 24.2 Å². The molecule has 0 radical (unpaired) electrons. The third-order valence-corrected chi connectivity index (χ3v) is 10.7. The van der Waals surface area contributed by atoms with Crippen molar-refractivity contribution in [2.75, 3.05) is 13.2 Å². The van der Waals surface area contributed by atoms with Crippen molar-refractivity contribution < 1.29 is 19.1 Å². The van der Waals surface area contributed by atoms with E-state index >= 15 is 0 Å². The first-order valence-electron chi connectivity index (χ1n) is 17.0. The summed E-state index contributed by atoms with van der Waals surface area (Å²) >= 11 is 0. The molecule has 1 heterocycles. The first-order valence-corrected chi connectivity index (χ1v) is 17.0. The number of amides is 3. The van der Waals surface area contributed by atoms with Crippen LogP contribution in [0, 0.1) is 5.92 Å². The summed E-state index contributed by atoms with van der Waals surface area (Å²) in [5.74, 6) is -0.329. The quantitative estimate of drug-likeness (QED) is 0.288. The van der Waals surface area contributed by atoms with Crippen LogP contribution >= 0.6 is 12.4 Å². The van der Waals surface area contributed by atoms with Gasteiger partial charge in [0, 0.05) is 12.5 Å². The second-order valence-electron chi connectivity index (χ2n) is 13.5. The minimum atomic E-state index is -0.713. The van der Waals surface area contributed by atoms with Crippen LogP contribution in [0.3, 0.4) is 0 Å². The fourth-order valence-electron chi connectivity index (χ4n) is 8.30. The Kier molecular flexibility index (Phi) is 10.2. The minimum absolute atomic E-state index is 0. The Labute approximate surface area is 283 Å². The molecular weight excluding hydrogens is 612 g/mol. The van der Waals surface area contributed by atoms with Crippen LogP contribution in [-0.4, -0.2) is 54.1 Å². The number of ether oxygens (including phenoxy) is 1. The molecule has 4 N–H and O–H groups in total. The molecule has 0 bridgehead atoms. The summed E-state index contributed by atoms with van der Waals surface area (Å²) in [7, 11) is 0. The van der Waals surface area contributed by atoms with E-state index in [0.29, 0.717) is 6.42 Å². The predicted octanol–water partition coefficient (Wildman–Crippen LogP) is 6.02. The number of nitrogens with zero attached hydrogens (tertiary/aromatic N) is 1. The number of likely N-dealkylation sites (tertiary alicyclic amines) is 1. The third kappa shape index (κ3) is 6.76. The smallest absolute Gasteiger partial charge is 0.407 e. The van der Waals surface area contributed by atoms with Crippen molar-refractivity contribution in [2.45, 2.75) is 87.9 Å². The molecule has 1 aliphatic heterocycles. The Balaban J connectivity index is 0.00000386. The van der Waals surface area contributed by atoms with Crippen molar-refractivity contribution >= 4 is 30.3 Å². The lowest BCUT2D eigenvalue weighted by Crippen LogP contribution is -2.54. The predicted molar refractivity (Wildman–Crippen MR) is 184 cm³/mol. The highest BCUT2D eigenvalue weighted by atomic mass is 35.5. The Hall–Kier alpha value is -3.88. The summed E-state index contributed by atoms with van der Waals surface area (Å²) in [6, 6.07) is 22.8. The van der Waals surface area contributed by atoms with Gasteiger partial charge < -0.3 is 26.0 Å². The molecule has 4 atom stereocenters. The van der Waals surface area contributed by atoms with Gasteiger partial charge in [-0.15, -0.1) is 12.4 Å². The number of hydrogen-bond acceptors (Lipinski definition) is 5. The SMILES string of the molecule is Cl.NC(C(=O)N1C[C@@H](NC(=O)OCC2c3ccccc3-c3ccccc32)C[C@H]1C(=O)N[C@@H]1CCCc2ccccc21)C1CCCCC1. The van der Waals surface area contributed by atoms with Crippen molar-refractivity contribution in [3.63, 3.8) is 0 Å². The molecule has 248 valence electrons. The molecule has 0 spiro atoms. The van der Waals surface area contributed by atoms with Crippen LogP contribution in [0.15, 0.2) is 72.8 Å². The zero-order valence-corrected chi connectivity index (χ0v) is 27.6. The van der Waals surface area contributed by atoms with E-state index in [-0.39, 0.29) is 55.3 Å². The number of nitrogens with two attached hydrogens (primary N) is 1. The Morgan fingerprint density at radius 1 is 0.809 bits per heavy atom. The van der Waals surface area contributed by atoms with Crippen LogP contribution in [0.5, 0.6) is 0 Å². The van der Waals surface area contributed by atoms with Crippen molar-refractivity contribution in [1.29, 1.82) is 0 Å². The highest BCUT2D eigenvalue weighted by Gasteiger charge is 2.44. The van der Waals surface area contributed by atoms with E-state index in [0.717, 1.165) is 61.6 Å². The maximum absolute atomic E-state index is 13.9. The molecule has 9 heteroatoms. The average molecular weight is 657 g/mol. The summed E-state index contributed by atoms with van der Waals surface area (Å²) < 4.78 is 5.82. The number of benzene rings is 3. The average Bonchev–Trinajstić information content (AvgIpc) is 3.66. The van der Waals surface area contributed by atoms with Crippen LogP contribution < -0.4 is 16.4 Å². The number of carbonyl (C=O) groups is 3. The number of nitrogens with one attached hydrogen (secondary N) is 2. The standard InChI is InChI=1S/C38H44N4O4.ClH/c39-35(25-12-2-1-3-13-25)37(44)42-22-26(21-34(42)36(43)41-33-20-10-14-24-11-4-5-15-27(24)33)40-38(45)46-23-32-30-18-8-6-16-28(30)29-17-7-9-19-31(29)32;/h4-9,11,15-19,25-26,32-35H,1-3,10,12-14,20-23,39H2,(H,40,45)(H,41,43);1H/t26-,33+,34-,35?;/m0./s1. The molecule has 8 nitrogen and oxygen atoms in total. The summed E-state index contributed by atoms with van der Waals surface area (Å²) in [6.45, 7) is 0.426. The van der Waals surface area contributed by atoms with Crippen molar-refractivity contribution in [1.82, 2.24) is 15.5 Å². The molecule has 47 heavy (non-hydrogen) atoms. The van der Waals surface area contributed by atoms with E-state index in [4.69, 9.17) is 10.5 Å². The molecule has 3 aromatic carbocycles. The molecule has 2 fully saturated rings. The highest BCUT2D eigenvalue weighted by molar-refractivity contribution is 5.91. The Morgan fingerprint density at radius 3 is 2.15 bits per heavy atom. The van der Waals surface area contributed by atoms with Crippen molar-refractivity contribution in [3.05, 3.63) is 95.1 Å². The maximum Gasteiger partial charge on any atom is 0.407 e. The first kappa shape index (κ1) is 33.0. The van der Waals surface area contributed by atoms with Gasteiger partial charge >= 0.3 is 6.09 Å². The van der Waals surface area contributed by atoms with Crippen LogP contribution in [0.25, 0.3) is 11.1 Å². The zero-order valence-electron chi connectivity index (χ0n) is 26.7. The monoisotopic (exact) mass is 656 g/mol. The van der Waals surface area contributed by atoms with E-state index in [9.17, 15) is 14.4 Å².